The van der Waals surface area contributed by atoms with Crippen molar-refractivity contribution in [3.63, 3.8) is 0 Å². The Kier molecular flexibility index (Phi) is 7.49. The Bertz CT molecular complexity index is 127. The molecule has 80 valence electrons. The standard InChI is InChI=1S/C8H22N2O2Si/c1-11-13(2,8-4-6-10)12-7-3-5-9/h3-10H2,1-2H3/t13-/m1/s1. The third-order valence-corrected chi connectivity index (χ3v) is 4.96. The molecule has 0 aliphatic carbocycles. The highest BCUT2D eigenvalue weighted by atomic mass is 28.4. The van der Waals surface area contributed by atoms with E-state index in [1.165, 1.54) is 0 Å². The monoisotopic (exact) mass is 206 g/mol. The fourth-order valence-corrected chi connectivity index (χ4v) is 2.92. The van der Waals surface area contributed by atoms with E-state index in [4.69, 9.17) is 20.3 Å². The second-order valence-corrected chi connectivity index (χ2v) is 6.69. The number of hydrogen-bond acceptors (Lipinski definition) is 4. The molecule has 0 saturated heterocycles. The Morgan fingerprint density at radius 2 is 1.77 bits per heavy atom. The van der Waals surface area contributed by atoms with E-state index in [0.29, 0.717) is 19.7 Å². The summed E-state index contributed by atoms with van der Waals surface area (Å²) in [6.45, 7) is 4.15. The molecule has 0 aromatic carbocycles. The summed E-state index contributed by atoms with van der Waals surface area (Å²) in [6.07, 6.45) is 1.87. The average molecular weight is 206 g/mol. The summed E-state index contributed by atoms with van der Waals surface area (Å²) in [6, 6.07) is 0.963. The van der Waals surface area contributed by atoms with Gasteiger partial charge in [0.05, 0.1) is 0 Å². The second kappa shape index (κ2) is 7.46. The van der Waals surface area contributed by atoms with Gasteiger partial charge in [-0.2, -0.15) is 0 Å². The highest BCUT2D eigenvalue weighted by Crippen LogP contribution is 2.14. The first-order valence-electron chi connectivity index (χ1n) is 4.78. The molecule has 0 rings (SSSR count). The van der Waals surface area contributed by atoms with Gasteiger partial charge in [-0.3, -0.25) is 0 Å². The van der Waals surface area contributed by atoms with Gasteiger partial charge in [0.15, 0.2) is 0 Å². The van der Waals surface area contributed by atoms with Crippen LogP contribution in [0.1, 0.15) is 12.8 Å². The van der Waals surface area contributed by atoms with Gasteiger partial charge in [-0.15, -0.1) is 0 Å². The normalized spacial score (nSPS) is 15.7. The molecule has 0 aromatic heterocycles. The Morgan fingerprint density at radius 1 is 1.15 bits per heavy atom. The summed E-state index contributed by atoms with van der Waals surface area (Å²) >= 11 is 0. The maximum absolute atomic E-state index is 5.70. The Morgan fingerprint density at radius 3 is 2.23 bits per heavy atom. The Hall–Kier alpha value is 0.0569. The lowest BCUT2D eigenvalue weighted by Gasteiger charge is -2.24. The molecule has 0 aromatic rings. The molecule has 0 bridgehead atoms. The molecule has 0 unspecified atom stereocenters. The van der Waals surface area contributed by atoms with Gasteiger partial charge in [0.25, 0.3) is 0 Å². The molecule has 0 heterocycles. The van der Waals surface area contributed by atoms with Crippen molar-refractivity contribution in [2.24, 2.45) is 11.5 Å². The minimum absolute atomic E-state index is 0.672. The van der Waals surface area contributed by atoms with E-state index in [9.17, 15) is 0 Å². The quantitative estimate of drug-likeness (QED) is 0.446. The molecular weight excluding hydrogens is 184 g/mol. The van der Waals surface area contributed by atoms with E-state index in [1.54, 1.807) is 7.11 Å². The van der Waals surface area contributed by atoms with Crippen LogP contribution in [-0.2, 0) is 8.85 Å². The van der Waals surface area contributed by atoms with Crippen molar-refractivity contribution in [3.05, 3.63) is 0 Å². The zero-order chi connectivity index (χ0) is 10.2. The van der Waals surface area contributed by atoms with Crippen LogP contribution in [0.5, 0.6) is 0 Å². The van der Waals surface area contributed by atoms with Crippen LogP contribution in [-0.4, -0.2) is 35.4 Å². The lowest BCUT2D eigenvalue weighted by molar-refractivity contribution is 0.202. The summed E-state index contributed by atoms with van der Waals surface area (Å²) in [7, 11) is -0.204. The first-order chi connectivity index (χ1) is 6.18. The Balaban J connectivity index is 3.67. The third-order valence-electron chi connectivity index (χ3n) is 2.02. The van der Waals surface area contributed by atoms with Crippen LogP contribution < -0.4 is 11.5 Å². The van der Waals surface area contributed by atoms with Gasteiger partial charge in [0.1, 0.15) is 0 Å². The second-order valence-electron chi connectivity index (χ2n) is 3.22. The topological polar surface area (TPSA) is 70.5 Å². The van der Waals surface area contributed by atoms with Crippen LogP contribution in [0.3, 0.4) is 0 Å². The summed E-state index contributed by atoms with van der Waals surface area (Å²) in [5.41, 5.74) is 10.8. The first kappa shape index (κ1) is 13.1. The lowest BCUT2D eigenvalue weighted by atomic mass is 10.5. The molecule has 4 nitrogen and oxygen atoms in total. The van der Waals surface area contributed by atoms with E-state index < -0.39 is 8.56 Å². The van der Waals surface area contributed by atoms with E-state index in [2.05, 4.69) is 6.55 Å². The van der Waals surface area contributed by atoms with Gasteiger partial charge in [-0.05, 0) is 38.5 Å². The summed E-state index contributed by atoms with van der Waals surface area (Å²) in [5, 5.41) is 0. The summed E-state index contributed by atoms with van der Waals surface area (Å²) in [4.78, 5) is 0. The minimum atomic E-state index is -1.92. The molecule has 5 heteroatoms. The molecule has 0 fully saturated rings. The molecular formula is C8H22N2O2Si. The smallest absolute Gasteiger partial charge is 0.334 e. The lowest BCUT2D eigenvalue weighted by Crippen LogP contribution is -2.38. The zero-order valence-corrected chi connectivity index (χ0v) is 9.71. The van der Waals surface area contributed by atoms with Gasteiger partial charge in [-0.25, -0.2) is 0 Å². The van der Waals surface area contributed by atoms with Gasteiger partial charge < -0.3 is 20.3 Å². The van der Waals surface area contributed by atoms with Gasteiger partial charge in [0, 0.05) is 13.7 Å². The maximum atomic E-state index is 5.70. The molecule has 4 N–H and O–H groups in total. The van der Waals surface area contributed by atoms with Crippen LogP contribution in [0, 0.1) is 0 Å². The van der Waals surface area contributed by atoms with E-state index >= 15 is 0 Å². The molecule has 0 amide bonds. The summed E-state index contributed by atoms with van der Waals surface area (Å²) < 4.78 is 11.1. The van der Waals surface area contributed by atoms with Crippen LogP contribution in [0.15, 0.2) is 0 Å². The fourth-order valence-electron chi connectivity index (χ4n) is 1.03. The number of rotatable bonds is 8. The molecule has 1 atom stereocenters. The molecule has 13 heavy (non-hydrogen) atoms. The van der Waals surface area contributed by atoms with Crippen molar-refractivity contribution in [3.8, 4) is 0 Å². The molecule has 0 aliphatic rings. The number of hydrogen-bond donors (Lipinski definition) is 2. The van der Waals surface area contributed by atoms with Crippen LogP contribution in [0.25, 0.3) is 0 Å². The summed E-state index contributed by atoms with van der Waals surface area (Å²) in [5.74, 6) is 0. The third kappa shape index (κ3) is 6.17. The molecule has 0 spiro atoms. The highest BCUT2D eigenvalue weighted by Gasteiger charge is 2.28. The zero-order valence-electron chi connectivity index (χ0n) is 8.71. The van der Waals surface area contributed by atoms with Gasteiger partial charge in [0.2, 0.25) is 0 Å². The van der Waals surface area contributed by atoms with E-state index in [0.717, 1.165) is 18.9 Å². The van der Waals surface area contributed by atoms with Crippen LogP contribution >= 0.6 is 0 Å². The maximum Gasteiger partial charge on any atom is 0.334 e. The van der Waals surface area contributed by atoms with Gasteiger partial charge in [-0.1, -0.05) is 0 Å². The molecule has 0 aliphatic heterocycles. The van der Waals surface area contributed by atoms with Crippen molar-refractivity contribution in [1.82, 2.24) is 0 Å². The average Bonchev–Trinajstić information content (AvgIpc) is 2.15. The fraction of sp³-hybridized carbons (Fsp3) is 1.00. The predicted molar refractivity (Wildman–Crippen MR) is 56.7 cm³/mol. The largest absolute Gasteiger partial charge is 0.398 e. The van der Waals surface area contributed by atoms with Crippen molar-refractivity contribution >= 4 is 8.56 Å². The Labute approximate surface area is 81.8 Å². The first-order valence-corrected chi connectivity index (χ1v) is 7.30. The van der Waals surface area contributed by atoms with Crippen LogP contribution in [0.2, 0.25) is 12.6 Å². The predicted octanol–water partition coefficient (Wildman–Crippen LogP) is 0.419. The van der Waals surface area contributed by atoms with Crippen molar-refractivity contribution < 1.29 is 8.85 Å². The van der Waals surface area contributed by atoms with E-state index in [1.807, 2.05) is 0 Å². The minimum Gasteiger partial charge on any atom is -0.398 e. The van der Waals surface area contributed by atoms with Crippen LogP contribution in [0.4, 0.5) is 0 Å². The number of nitrogens with two attached hydrogens (primary N) is 2. The van der Waals surface area contributed by atoms with Gasteiger partial charge >= 0.3 is 8.56 Å². The van der Waals surface area contributed by atoms with E-state index in [-0.39, 0.29) is 0 Å². The molecule has 0 saturated carbocycles. The van der Waals surface area contributed by atoms with Crippen molar-refractivity contribution in [1.29, 1.82) is 0 Å². The van der Waals surface area contributed by atoms with Crippen molar-refractivity contribution in [2.75, 3.05) is 26.8 Å². The highest BCUT2D eigenvalue weighted by molar-refractivity contribution is 6.65. The van der Waals surface area contributed by atoms with Crippen molar-refractivity contribution in [2.45, 2.75) is 25.4 Å². The molecule has 0 radical (unpaired) electrons. The SMILES string of the molecule is CO[Si@@](C)(CCCN)OCCCN.